The van der Waals surface area contributed by atoms with Gasteiger partial charge in [0.25, 0.3) is 4.20 Å². The second-order valence-electron chi connectivity index (χ2n) is 3.42. The first-order valence-corrected chi connectivity index (χ1v) is 7.35. The predicted molar refractivity (Wildman–Crippen MR) is 86.1 cm³/mol. The quantitative estimate of drug-likeness (QED) is 0.274. The molecule has 0 heterocycles. The SMILES string of the molecule is CCCCC(N)C(N)(S(=O)(=O)O)S(=O)(=O)O.[NaH].[NaH].[NaH].[NaH]. The molecule has 0 saturated heterocycles. The van der Waals surface area contributed by atoms with E-state index in [4.69, 9.17) is 20.6 Å². The third kappa shape index (κ3) is 9.28. The molecular formula is C6H20N2Na4O6S2. The molecule has 0 aromatic carbocycles. The second-order valence-corrected chi connectivity index (χ2v) is 6.93. The molecule has 0 bridgehead atoms. The van der Waals surface area contributed by atoms with Gasteiger partial charge in [-0.1, -0.05) is 19.8 Å². The summed E-state index contributed by atoms with van der Waals surface area (Å²) in [5.41, 5.74) is 10.3. The van der Waals surface area contributed by atoms with Crippen LogP contribution >= 0.6 is 0 Å². The van der Waals surface area contributed by atoms with Crippen molar-refractivity contribution < 1.29 is 25.9 Å². The van der Waals surface area contributed by atoms with E-state index in [9.17, 15) is 16.8 Å². The van der Waals surface area contributed by atoms with Gasteiger partial charge in [-0.15, -0.1) is 0 Å². The molecule has 0 saturated carbocycles. The molecule has 0 aromatic rings. The average molecular weight is 372 g/mol. The molecule has 0 spiro atoms. The fraction of sp³-hybridized carbons (Fsp3) is 1.00. The third-order valence-electron chi connectivity index (χ3n) is 2.19. The van der Waals surface area contributed by atoms with Crippen molar-refractivity contribution in [2.24, 2.45) is 11.5 Å². The predicted octanol–water partition coefficient (Wildman–Crippen LogP) is -3.70. The van der Waals surface area contributed by atoms with Crippen molar-refractivity contribution >= 4 is 138 Å². The van der Waals surface area contributed by atoms with Crippen molar-refractivity contribution in [3.63, 3.8) is 0 Å². The molecular weight excluding hydrogens is 352 g/mol. The summed E-state index contributed by atoms with van der Waals surface area (Å²) in [6, 6.07) is -1.61. The molecule has 0 amide bonds. The van der Waals surface area contributed by atoms with Gasteiger partial charge in [-0.2, -0.15) is 16.8 Å². The van der Waals surface area contributed by atoms with Gasteiger partial charge in [-0.05, 0) is 6.42 Å². The summed E-state index contributed by atoms with van der Waals surface area (Å²) in [6.07, 6.45) is 0.971. The Labute approximate surface area is 208 Å². The van der Waals surface area contributed by atoms with Gasteiger partial charge < -0.3 is 5.73 Å². The summed E-state index contributed by atoms with van der Waals surface area (Å²) in [7, 11) is -10.5. The van der Waals surface area contributed by atoms with E-state index in [0.29, 0.717) is 12.8 Å². The van der Waals surface area contributed by atoms with Crippen LogP contribution in [0.2, 0.25) is 0 Å². The summed E-state index contributed by atoms with van der Waals surface area (Å²) in [5.74, 6) is 0. The van der Waals surface area contributed by atoms with Crippen molar-refractivity contribution in [1.82, 2.24) is 0 Å². The molecule has 6 N–H and O–H groups in total. The van der Waals surface area contributed by atoms with Gasteiger partial charge in [0.1, 0.15) is 0 Å². The molecule has 1 atom stereocenters. The van der Waals surface area contributed by atoms with E-state index in [0.717, 1.165) is 0 Å². The van der Waals surface area contributed by atoms with Crippen LogP contribution in [0.4, 0.5) is 0 Å². The summed E-state index contributed by atoms with van der Waals surface area (Å²) < 4.78 is 57.9. The van der Waals surface area contributed by atoms with E-state index in [1.54, 1.807) is 6.92 Å². The molecule has 14 heteroatoms. The van der Waals surface area contributed by atoms with Crippen LogP contribution in [0.3, 0.4) is 0 Å². The van der Waals surface area contributed by atoms with Crippen LogP contribution in [0.15, 0.2) is 0 Å². The fourth-order valence-corrected chi connectivity index (χ4v) is 3.21. The monoisotopic (exact) mass is 372 g/mol. The molecule has 0 aliphatic rings. The van der Waals surface area contributed by atoms with E-state index < -0.39 is 30.5 Å². The standard InChI is InChI=1S/C6H16N2O6S2.4Na.4H/c1-2-3-4-5(7)6(8,15(9,10)11)16(12,13)14;;;;;;;;/h5H,2-4,7-8H2,1H3,(H,9,10,11)(H,12,13,14);;;;;;;;. The normalized spacial score (nSPS) is 12.8. The Kier molecular flexibility index (Phi) is 24.4. The number of nitrogens with two attached hydrogens (primary N) is 2. The Hall–Kier alpha value is 3.74. The van der Waals surface area contributed by atoms with Crippen molar-refractivity contribution in [2.75, 3.05) is 0 Å². The molecule has 106 valence electrons. The van der Waals surface area contributed by atoms with Crippen molar-refractivity contribution in [3.05, 3.63) is 0 Å². The molecule has 20 heavy (non-hydrogen) atoms. The fourth-order valence-electron chi connectivity index (χ4n) is 1.14. The van der Waals surface area contributed by atoms with Crippen LogP contribution in [0, 0.1) is 0 Å². The van der Waals surface area contributed by atoms with Crippen LogP contribution in [0.5, 0.6) is 0 Å². The topological polar surface area (TPSA) is 161 Å². The first-order valence-electron chi connectivity index (χ1n) is 4.47. The van der Waals surface area contributed by atoms with Crippen molar-refractivity contribution in [2.45, 2.75) is 36.4 Å². The zero-order valence-electron chi connectivity index (χ0n) is 8.70. The Morgan fingerprint density at radius 3 is 1.50 bits per heavy atom. The van der Waals surface area contributed by atoms with Crippen LogP contribution in [0.25, 0.3) is 0 Å². The Morgan fingerprint density at radius 1 is 1.00 bits per heavy atom. The first-order chi connectivity index (χ1) is 6.98. The Bertz CT molecular complexity index is 410. The molecule has 0 aromatic heterocycles. The molecule has 0 aliphatic heterocycles. The van der Waals surface area contributed by atoms with Gasteiger partial charge in [0, 0.05) is 0 Å². The van der Waals surface area contributed by atoms with Gasteiger partial charge >= 0.3 is 138 Å². The minimum atomic E-state index is -5.24. The van der Waals surface area contributed by atoms with E-state index in [1.807, 2.05) is 0 Å². The third-order valence-corrected chi connectivity index (χ3v) is 5.67. The maximum absolute atomic E-state index is 10.9. The van der Waals surface area contributed by atoms with Gasteiger partial charge in [0.05, 0.1) is 6.04 Å². The van der Waals surface area contributed by atoms with E-state index in [-0.39, 0.29) is 125 Å². The second kappa shape index (κ2) is 14.0. The first kappa shape index (κ1) is 35.0. The molecule has 8 nitrogen and oxygen atoms in total. The van der Waals surface area contributed by atoms with Gasteiger partial charge in [0.2, 0.25) is 0 Å². The maximum atomic E-state index is 10.9. The molecule has 0 rings (SSSR count). The van der Waals surface area contributed by atoms with E-state index >= 15 is 0 Å². The van der Waals surface area contributed by atoms with Crippen LogP contribution < -0.4 is 11.5 Å². The van der Waals surface area contributed by atoms with Crippen LogP contribution in [0.1, 0.15) is 26.2 Å². The summed E-state index contributed by atoms with van der Waals surface area (Å²) in [6.45, 7) is 1.77. The van der Waals surface area contributed by atoms with Gasteiger partial charge in [0.15, 0.2) is 0 Å². The summed E-state index contributed by atoms with van der Waals surface area (Å²) in [5, 5.41) is 0. The molecule has 1 unspecified atom stereocenters. The van der Waals surface area contributed by atoms with Crippen LogP contribution in [-0.2, 0) is 20.2 Å². The summed E-state index contributed by atoms with van der Waals surface area (Å²) >= 11 is 0. The molecule has 0 fully saturated rings. The number of unbranched alkanes of at least 4 members (excludes halogenated alkanes) is 1. The van der Waals surface area contributed by atoms with Crippen molar-refractivity contribution in [1.29, 1.82) is 0 Å². The molecule has 0 aliphatic carbocycles. The zero-order valence-corrected chi connectivity index (χ0v) is 10.3. The van der Waals surface area contributed by atoms with Crippen molar-refractivity contribution in [3.8, 4) is 0 Å². The number of rotatable bonds is 6. The minimum absolute atomic E-state index is 0. The zero-order chi connectivity index (χ0) is 13.2. The van der Waals surface area contributed by atoms with Crippen LogP contribution in [-0.4, -0.2) is 154 Å². The van der Waals surface area contributed by atoms with E-state index in [1.165, 1.54) is 0 Å². The summed E-state index contributed by atoms with van der Waals surface area (Å²) in [4.78, 5) is 0. The van der Waals surface area contributed by atoms with Gasteiger partial charge in [-0.3, -0.25) is 14.8 Å². The average Bonchev–Trinajstić information content (AvgIpc) is 2.08. The Morgan fingerprint density at radius 2 is 1.30 bits per heavy atom. The number of hydrogen-bond donors (Lipinski definition) is 4. The Balaban J connectivity index is -0.000000187. The number of hydrogen-bond acceptors (Lipinski definition) is 6. The van der Waals surface area contributed by atoms with Gasteiger partial charge in [-0.25, -0.2) is 0 Å². The molecule has 0 radical (unpaired) electrons. The van der Waals surface area contributed by atoms with E-state index in [2.05, 4.69) is 0 Å².